The standard InChI is InChI=1S/C15H25N5O3S/c1-2-3-4-9-24(22,23)20-14(21)13(16)10-11-5-7-12(8-6-11)19-15(17)18/h5-8,13H,2-4,9-10,16H2,1H3,(H,20,21)(H4,17,18,19). The van der Waals surface area contributed by atoms with Crippen LogP contribution < -0.4 is 21.9 Å². The number of aliphatic imine (C=N–C) groups is 1. The number of nitrogens with one attached hydrogen (secondary N) is 1. The molecule has 0 saturated heterocycles. The minimum absolute atomic E-state index is 0.0490. The molecular weight excluding hydrogens is 330 g/mol. The molecule has 0 aromatic heterocycles. The van der Waals surface area contributed by atoms with Crippen LogP contribution in [0, 0.1) is 0 Å². The molecule has 0 aliphatic carbocycles. The summed E-state index contributed by atoms with van der Waals surface area (Å²) in [5, 5.41) is 0. The Morgan fingerprint density at radius 2 is 1.83 bits per heavy atom. The number of hydrogen-bond donors (Lipinski definition) is 4. The molecule has 0 aliphatic rings. The first-order valence-electron chi connectivity index (χ1n) is 7.72. The van der Waals surface area contributed by atoms with Crippen LogP contribution in [-0.4, -0.2) is 32.1 Å². The van der Waals surface area contributed by atoms with E-state index in [-0.39, 0.29) is 18.1 Å². The first-order chi connectivity index (χ1) is 11.2. The van der Waals surface area contributed by atoms with E-state index in [2.05, 4.69) is 4.99 Å². The van der Waals surface area contributed by atoms with E-state index in [4.69, 9.17) is 17.2 Å². The SMILES string of the molecule is CCCCCS(=O)(=O)NC(=O)C(N)Cc1ccc(N=C(N)N)cc1. The maximum Gasteiger partial charge on any atom is 0.250 e. The zero-order chi connectivity index (χ0) is 18.2. The molecule has 7 N–H and O–H groups in total. The lowest BCUT2D eigenvalue weighted by atomic mass is 10.1. The van der Waals surface area contributed by atoms with Crippen LogP contribution in [0.3, 0.4) is 0 Å². The second-order valence-electron chi connectivity index (χ2n) is 5.51. The fraction of sp³-hybridized carbons (Fsp3) is 0.467. The number of nitrogens with two attached hydrogens (primary N) is 3. The number of amides is 1. The van der Waals surface area contributed by atoms with Gasteiger partial charge in [0.2, 0.25) is 10.0 Å². The summed E-state index contributed by atoms with van der Waals surface area (Å²) in [5.74, 6) is -0.834. The van der Waals surface area contributed by atoms with Gasteiger partial charge in [0.25, 0.3) is 5.91 Å². The molecule has 0 spiro atoms. The first-order valence-corrected chi connectivity index (χ1v) is 9.37. The molecule has 134 valence electrons. The Morgan fingerprint density at radius 1 is 1.21 bits per heavy atom. The van der Waals surface area contributed by atoms with Gasteiger partial charge < -0.3 is 17.2 Å². The molecule has 1 amide bonds. The van der Waals surface area contributed by atoms with E-state index in [1.165, 1.54) is 0 Å². The average molecular weight is 355 g/mol. The van der Waals surface area contributed by atoms with Crippen LogP contribution >= 0.6 is 0 Å². The lowest BCUT2D eigenvalue weighted by Crippen LogP contribution is -2.45. The Hall–Kier alpha value is -2.13. The van der Waals surface area contributed by atoms with Gasteiger partial charge in [-0.1, -0.05) is 31.9 Å². The van der Waals surface area contributed by atoms with Crippen LogP contribution in [0.25, 0.3) is 0 Å². The molecule has 9 heteroatoms. The molecule has 24 heavy (non-hydrogen) atoms. The number of hydrogen-bond acceptors (Lipinski definition) is 5. The fourth-order valence-electron chi connectivity index (χ4n) is 2.02. The summed E-state index contributed by atoms with van der Waals surface area (Å²) >= 11 is 0. The number of carbonyl (C=O) groups excluding carboxylic acids is 1. The molecular formula is C15H25N5O3S. The largest absolute Gasteiger partial charge is 0.370 e. The second-order valence-corrected chi connectivity index (χ2v) is 7.35. The summed E-state index contributed by atoms with van der Waals surface area (Å²) < 4.78 is 25.6. The maximum absolute atomic E-state index is 11.9. The summed E-state index contributed by atoms with van der Waals surface area (Å²) in [6.45, 7) is 1.97. The quantitative estimate of drug-likeness (QED) is 0.280. The summed E-state index contributed by atoms with van der Waals surface area (Å²) in [4.78, 5) is 15.8. The van der Waals surface area contributed by atoms with E-state index in [9.17, 15) is 13.2 Å². The Kier molecular flexibility index (Phi) is 7.66. The van der Waals surface area contributed by atoms with Gasteiger partial charge in [0, 0.05) is 0 Å². The van der Waals surface area contributed by atoms with Crippen molar-refractivity contribution < 1.29 is 13.2 Å². The maximum atomic E-state index is 11.9. The molecule has 0 heterocycles. The molecule has 0 fully saturated rings. The molecule has 0 bridgehead atoms. The van der Waals surface area contributed by atoms with Crippen molar-refractivity contribution in [2.24, 2.45) is 22.2 Å². The highest BCUT2D eigenvalue weighted by atomic mass is 32.2. The molecule has 8 nitrogen and oxygen atoms in total. The normalized spacial score (nSPS) is 12.4. The van der Waals surface area contributed by atoms with Crippen LogP contribution in [0.5, 0.6) is 0 Å². The first kappa shape index (κ1) is 19.9. The average Bonchev–Trinajstić information content (AvgIpc) is 2.48. The monoisotopic (exact) mass is 355 g/mol. The van der Waals surface area contributed by atoms with Crippen molar-refractivity contribution >= 4 is 27.6 Å². The minimum Gasteiger partial charge on any atom is -0.370 e. The van der Waals surface area contributed by atoms with Crippen LogP contribution in [-0.2, 0) is 21.2 Å². The van der Waals surface area contributed by atoms with Crippen LogP contribution in [0.15, 0.2) is 29.3 Å². The Balaban J connectivity index is 2.59. The van der Waals surface area contributed by atoms with Gasteiger partial charge in [-0.3, -0.25) is 9.52 Å². The summed E-state index contributed by atoms with van der Waals surface area (Å²) in [7, 11) is -3.64. The molecule has 1 aromatic carbocycles. The van der Waals surface area contributed by atoms with Crippen molar-refractivity contribution in [2.75, 3.05) is 5.75 Å². The van der Waals surface area contributed by atoms with E-state index < -0.39 is 22.0 Å². The topological polar surface area (TPSA) is 154 Å². The molecule has 1 atom stereocenters. The number of benzene rings is 1. The van der Waals surface area contributed by atoms with E-state index in [1.807, 2.05) is 11.6 Å². The third-order valence-electron chi connectivity index (χ3n) is 3.26. The van der Waals surface area contributed by atoms with Crippen molar-refractivity contribution in [3.63, 3.8) is 0 Å². The lowest BCUT2D eigenvalue weighted by Gasteiger charge is -2.13. The molecule has 0 saturated carbocycles. The highest BCUT2D eigenvalue weighted by molar-refractivity contribution is 7.90. The van der Waals surface area contributed by atoms with Crippen molar-refractivity contribution in [2.45, 2.75) is 38.6 Å². The van der Waals surface area contributed by atoms with Gasteiger partial charge in [-0.15, -0.1) is 0 Å². The Bertz CT molecular complexity index is 667. The smallest absolute Gasteiger partial charge is 0.250 e. The molecule has 0 aliphatic heterocycles. The molecule has 1 unspecified atom stereocenters. The highest BCUT2D eigenvalue weighted by Crippen LogP contribution is 2.13. The van der Waals surface area contributed by atoms with Gasteiger partial charge in [-0.2, -0.15) is 0 Å². The summed E-state index contributed by atoms with van der Waals surface area (Å²) in [6, 6.07) is 5.86. The Morgan fingerprint density at radius 3 is 2.38 bits per heavy atom. The van der Waals surface area contributed by atoms with Crippen LogP contribution in [0.4, 0.5) is 5.69 Å². The third-order valence-corrected chi connectivity index (χ3v) is 4.60. The van der Waals surface area contributed by atoms with Gasteiger partial charge in [-0.25, -0.2) is 13.4 Å². The van der Waals surface area contributed by atoms with Gasteiger partial charge in [-0.05, 0) is 30.5 Å². The van der Waals surface area contributed by atoms with Crippen molar-refractivity contribution in [3.8, 4) is 0 Å². The number of carbonyl (C=O) groups is 1. The van der Waals surface area contributed by atoms with E-state index in [0.29, 0.717) is 12.1 Å². The fourth-order valence-corrected chi connectivity index (χ4v) is 3.17. The van der Waals surface area contributed by atoms with Crippen molar-refractivity contribution in [1.82, 2.24) is 4.72 Å². The third kappa shape index (κ3) is 7.42. The predicted octanol–water partition coefficient (Wildman–Crippen LogP) is 0.0975. The number of sulfonamides is 1. The van der Waals surface area contributed by atoms with Crippen LogP contribution in [0.1, 0.15) is 31.7 Å². The Labute approximate surface area is 142 Å². The predicted molar refractivity (Wildman–Crippen MR) is 95.0 cm³/mol. The number of nitrogens with zero attached hydrogens (tertiary/aromatic N) is 1. The van der Waals surface area contributed by atoms with E-state index in [1.54, 1.807) is 24.3 Å². The number of guanidine groups is 1. The summed E-state index contributed by atoms with van der Waals surface area (Å²) in [5.41, 5.74) is 17.7. The van der Waals surface area contributed by atoms with Gasteiger partial charge in [0.15, 0.2) is 5.96 Å². The molecule has 1 rings (SSSR count). The zero-order valence-electron chi connectivity index (χ0n) is 13.7. The highest BCUT2D eigenvalue weighted by Gasteiger charge is 2.20. The van der Waals surface area contributed by atoms with Crippen molar-refractivity contribution in [1.29, 1.82) is 0 Å². The number of unbranched alkanes of at least 4 members (excludes halogenated alkanes) is 2. The lowest BCUT2D eigenvalue weighted by molar-refractivity contribution is -0.120. The minimum atomic E-state index is -3.64. The molecule has 0 radical (unpaired) electrons. The second kappa shape index (κ2) is 9.24. The van der Waals surface area contributed by atoms with E-state index in [0.717, 1.165) is 18.4 Å². The molecule has 1 aromatic rings. The van der Waals surface area contributed by atoms with E-state index >= 15 is 0 Å². The van der Waals surface area contributed by atoms with Gasteiger partial charge >= 0.3 is 0 Å². The zero-order valence-corrected chi connectivity index (χ0v) is 14.6. The van der Waals surface area contributed by atoms with Gasteiger partial charge in [0.05, 0.1) is 17.5 Å². The van der Waals surface area contributed by atoms with Crippen molar-refractivity contribution in [3.05, 3.63) is 29.8 Å². The summed E-state index contributed by atoms with van der Waals surface area (Å²) in [6.07, 6.45) is 2.42. The van der Waals surface area contributed by atoms with Gasteiger partial charge in [0.1, 0.15) is 0 Å². The number of rotatable bonds is 9. The van der Waals surface area contributed by atoms with Crippen LogP contribution in [0.2, 0.25) is 0 Å².